The van der Waals surface area contributed by atoms with Crippen LogP contribution in [0.2, 0.25) is 0 Å². The Morgan fingerprint density at radius 3 is 2.45 bits per heavy atom. The number of alkyl halides is 3. The van der Waals surface area contributed by atoms with E-state index in [1.165, 1.54) is 6.07 Å². The zero-order chi connectivity index (χ0) is 23.4. The van der Waals surface area contributed by atoms with Gasteiger partial charge in [0.2, 0.25) is 5.91 Å². The number of benzene rings is 1. The quantitative estimate of drug-likeness (QED) is 0.528. The number of carbonyl (C=O) groups excluding carboxylic acids is 2. The summed E-state index contributed by atoms with van der Waals surface area (Å²) in [4.78, 5) is 29.0. The first-order valence-electron chi connectivity index (χ1n) is 11.3. The fourth-order valence-electron chi connectivity index (χ4n) is 4.15. The number of pyridine rings is 1. The SMILES string of the molecule is O=C(N[C@@H](CC1CCCC1)C(=O)NC1CC1)c1cccc(Nc2ccnc(C(F)(F)F)c2)c1. The highest BCUT2D eigenvalue weighted by atomic mass is 19.4. The van der Waals surface area contributed by atoms with Crippen molar-refractivity contribution >= 4 is 23.2 Å². The zero-order valence-electron chi connectivity index (χ0n) is 18.1. The standard InChI is InChI=1S/C24H27F3N4O2/c25-24(26,27)21-14-19(10-11-28-21)29-18-7-3-6-16(13-18)22(32)31-20(12-15-4-1-2-5-15)23(33)30-17-8-9-17/h3,6-7,10-11,13-15,17,20H,1-2,4-5,8-9,12H2,(H,28,29)(H,30,33)(H,31,32)/t20-/m0/s1. The maximum Gasteiger partial charge on any atom is 0.433 e. The Balaban J connectivity index is 1.44. The van der Waals surface area contributed by atoms with Crippen LogP contribution < -0.4 is 16.0 Å². The third kappa shape index (κ3) is 6.46. The van der Waals surface area contributed by atoms with E-state index in [0.717, 1.165) is 50.8 Å². The monoisotopic (exact) mass is 460 g/mol. The Bertz CT molecular complexity index is 1000. The zero-order valence-corrected chi connectivity index (χ0v) is 18.1. The predicted molar refractivity (Wildman–Crippen MR) is 118 cm³/mol. The van der Waals surface area contributed by atoms with Crippen molar-refractivity contribution in [2.45, 2.75) is 63.2 Å². The van der Waals surface area contributed by atoms with E-state index in [1.807, 2.05) is 0 Å². The highest BCUT2D eigenvalue weighted by Gasteiger charge is 2.33. The Morgan fingerprint density at radius 1 is 1.03 bits per heavy atom. The summed E-state index contributed by atoms with van der Waals surface area (Å²) in [5.41, 5.74) is -0.0203. The molecule has 2 amide bonds. The summed E-state index contributed by atoms with van der Waals surface area (Å²) in [7, 11) is 0. The smallest absolute Gasteiger partial charge is 0.355 e. The first-order chi connectivity index (χ1) is 15.8. The summed E-state index contributed by atoms with van der Waals surface area (Å²) < 4.78 is 38.7. The Morgan fingerprint density at radius 2 is 1.76 bits per heavy atom. The molecule has 0 aliphatic heterocycles. The number of hydrogen-bond donors (Lipinski definition) is 3. The van der Waals surface area contributed by atoms with Gasteiger partial charge < -0.3 is 16.0 Å². The lowest BCUT2D eigenvalue weighted by molar-refractivity contribution is -0.141. The number of halogens is 3. The van der Waals surface area contributed by atoms with Crippen LogP contribution in [0.3, 0.4) is 0 Å². The molecule has 2 fully saturated rings. The number of carbonyl (C=O) groups is 2. The molecule has 0 saturated heterocycles. The van der Waals surface area contributed by atoms with Gasteiger partial charge in [-0.05, 0) is 55.5 Å². The van der Waals surface area contributed by atoms with Crippen molar-refractivity contribution in [2.75, 3.05) is 5.32 Å². The van der Waals surface area contributed by atoms with Crippen molar-refractivity contribution in [3.05, 3.63) is 53.9 Å². The van der Waals surface area contributed by atoms with E-state index in [4.69, 9.17) is 0 Å². The largest absolute Gasteiger partial charge is 0.433 e. The molecule has 6 nitrogen and oxygen atoms in total. The predicted octanol–water partition coefficient (Wildman–Crippen LogP) is 4.80. The van der Waals surface area contributed by atoms with Gasteiger partial charge in [0.1, 0.15) is 11.7 Å². The normalized spacial score (nSPS) is 17.4. The van der Waals surface area contributed by atoms with Crippen LogP contribution in [0.5, 0.6) is 0 Å². The van der Waals surface area contributed by atoms with E-state index in [-0.39, 0.29) is 17.6 Å². The van der Waals surface area contributed by atoms with Crippen LogP contribution in [0.4, 0.5) is 24.5 Å². The van der Waals surface area contributed by atoms with Crippen LogP contribution in [-0.4, -0.2) is 28.9 Å². The number of amides is 2. The molecule has 2 aromatic rings. The van der Waals surface area contributed by atoms with E-state index in [2.05, 4.69) is 20.9 Å². The molecular weight excluding hydrogens is 433 g/mol. The van der Waals surface area contributed by atoms with E-state index >= 15 is 0 Å². The maximum atomic E-state index is 12.9. The molecule has 176 valence electrons. The summed E-state index contributed by atoms with van der Waals surface area (Å²) in [6.07, 6.45) is 3.50. The van der Waals surface area contributed by atoms with Gasteiger partial charge in [-0.25, -0.2) is 0 Å². The van der Waals surface area contributed by atoms with Crippen molar-refractivity contribution in [2.24, 2.45) is 5.92 Å². The molecule has 2 aliphatic rings. The Labute approximate surface area is 190 Å². The molecule has 0 unspecified atom stereocenters. The molecule has 3 N–H and O–H groups in total. The lowest BCUT2D eigenvalue weighted by Crippen LogP contribution is -2.48. The van der Waals surface area contributed by atoms with E-state index in [1.54, 1.807) is 24.3 Å². The molecule has 33 heavy (non-hydrogen) atoms. The van der Waals surface area contributed by atoms with Crippen molar-refractivity contribution in [3.63, 3.8) is 0 Å². The molecule has 1 heterocycles. The number of rotatable bonds is 8. The summed E-state index contributed by atoms with van der Waals surface area (Å²) in [5.74, 6) is -0.121. The molecule has 0 bridgehead atoms. The van der Waals surface area contributed by atoms with Crippen molar-refractivity contribution < 1.29 is 22.8 Å². The van der Waals surface area contributed by atoms with Crippen LogP contribution in [0.25, 0.3) is 0 Å². The molecule has 0 spiro atoms. The number of hydrogen-bond acceptors (Lipinski definition) is 4. The fraction of sp³-hybridized carbons (Fsp3) is 0.458. The molecule has 9 heteroatoms. The third-order valence-corrected chi connectivity index (χ3v) is 6.05. The minimum absolute atomic E-state index is 0.150. The molecule has 4 rings (SSSR count). The average molecular weight is 461 g/mol. The van der Waals surface area contributed by atoms with Gasteiger partial charge >= 0.3 is 6.18 Å². The summed E-state index contributed by atoms with van der Waals surface area (Å²) in [5, 5.41) is 8.74. The maximum absolute atomic E-state index is 12.9. The van der Waals surface area contributed by atoms with Crippen LogP contribution in [-0.2, 0) is 11.0 Å². The van der Waals surface area contributed by atoms with Gasteiger partial charge in [-0.15, -0.1) is 0 Å². The van der Waals surface area contributed by atoms with Crippen LogP contribution in [0, 0.1) is 5.92 Å². The van der Waals surface area contributed by atoms with Gasteiger partial charge in [-0.2, -0.15) is 13.2 Å². The van der Waals surface area contributed by atoms with Gasteiger partial charge in [-0.1, -0.05) is 31.7 Å². The molecule has 2 aliphatic carbocycles. The number of nitrogens with one attached hydrogen (secondary N) is 3. The average Bonchev–Trinajstić information content (AvgIpc) is 3.44. The van der Waals surface area contributed by atoms with Gasteiger partial charge in [0, 0.05) is 29.2 Å². The molecule has 1 aromatic carbocycles. The molecule has 1 atom stereocenters. The van der Waals surface area contributed by atoms with Gasteiger partial charge in [0.05, 0.1) is 0 Å². The minimum atomic E-state index is -4.55. The highest BCUT2D eigenvalue weighted by molar-refractivity contribution is 5.98. The fourth-order valence-corrected chi connectivity index (χ4v) is 4.15. The Hall–Kier alpha value is -3.10. The topological polar surface area (TPSA) is 83.1 Å². The van der Waals surface area contributed by atoms with E-state index in [0.29, 0.717) is 23.6 Å². The minimum Gasteiger partial charge on any atom is -0.355 e. The van der Waals surface area contributed by atoms with Gasteiger partial charge in [0.15, 0.2) is 0 Å². The van der Waals surface area contributed by atoms with Crippen molar-refractivity contribution in [1.29, 1.82) is 0 Å². The van der Waals surface area contributed by atoms with Crippen LogP contribution >= 0.6 is 0 Å². The lowest BCUT2D eigenvalue weighted by atomic mass is 9.97. The first kappa shape index (κ1) is 23.1. The van der Waals surface area contributed by atoms with Gasteiger partial charge in [-0.3, -0.25) is 14.6 Å². The van der Waals surface area contributed by atoms with E-state index in [9.17, 15) is 22.8 Å². The lowest BCUT2D eigenvalue weighted by Gasteiger charge is -2.21. The second kappa shape index (κ2) is 9.80. The molecule has 2 saturated carbocycles. The molecule has 1 aromatic heterocycles. The van der Waals surface area contributed by atoms with Crippen molar-refractivity contribution in [3.8, 4) is 0 Å². The number of anilines is 2. The number of nitrogens with zero attached hydrogens (tertiary/aromatic N) is 1. The van der Waals surface area contributed by atoms with Crippen LogP contribution in [0.15, 0.2) is 42.6 Å². The Kier molecular flexibility index (Phi) is 6.85. The van der Waals surface area contributed by atoms with Crippen LogP contribution in [0.1, 0.15) is 61.0 Å². The highest BCUT2D eigenvalue weighted by Crippen LogP contribution is 2.30. The number of aromatic nitrogens is 1. The van der Waals surface area contributed by atoms with Gasteiger partial charge in [0.25, 0.3) is 5.91 Å². The second-order valence-electron chi connectivity index (χ2n) is 8.83. The third-order valence-electron chi connectivity index (χ3n) is 6.05. The summed E-state index contributed by atoms with van der Waals surface area (Å²) >= 11 is 0. The summed E-state index contributed by atoms with van der Waals surface area (Å²) in [6.45, 7) is 0. The van der Waals surface area contributed by atoms with Crippen molar-refractivity contribution in [1.82, 2.24) is 15.6 Å². The van der Waals surface area contributed by atoms with E-state index < -0.39 is 23.8 Å². The molecule has 0 radical (unpaired) electrons. The first-order valence-corrected chi connectivity index (χ1v) is 11.3. The summed E-state index contributed by atoms with van der Waals surface area (Å²) in [6, 6.07) is 8.38. The second-order valence-corrected chi connectivity index (χ2v) is 8.83. The molecular formula is C24H27F3N4O2.